The molecule has 0 N–H and O–H groups in total. The monoisotopic (exact) mass is 494 g/mol. The summed E-state index contributed by atoms with van der Waals surface area (Å²) in [5.41, 5.74) is 1.58. The zero-order valence-electron chi connectivity index (χ0n) is 19.1. The van der Waals surface area contributed by atoms with E-state index >= 15 is 0 Å². The summed E-state index contributed by atoms with van der Waals surface area (Å²) in [5, 5.41) is 1.10. The highest BCUT2D eigenvalue weighted by atomic mass is 35.5. The number of halogens is 1. The van der Waals surface area contributed by atoms with Crippen molar-refractivity contribution in [2.45, 2.75) is 45.1 Å². The quantitative estimate of drug-likeness (QED) is 0.318. The highest BCUT2D eigenvalue weighted by Crippen LogP contribution is 2.41. The van der Waals surface area contributed by atoms with E-state index in [1.807, 2.05) is 54.3 Å². The van der Waals surface area contributed by atoms with Gasteiger partial charge in [-0.15, -0.1) is 6.42 Å². The number of carbonyl (C=O) groups excluding carboxylic acids is 1. The molecule has 1 saturated heterocycles. The summed E-state index contributed by atoms with van der Waals surface area (Å²) in [7, 11) is 0. The second kappa shape index (κ2) is 11.5. The van der Waals surface area contributed by atoms with Gasteiger partial charge < -0.3 is 9.47 Å². The van der Waals surface area contributed by atoms with Gasteiger partial charge in [0.05, 0.1) is 22.2 Å². The Morgan fingerprint density at radius 3 is 2.68 bits per heavy atom. The number of carbonyl (C=O) groups is 1. The van der Waals surface area contributed by atoms with Crippen LogP contribution in [0.15, 0.2) is 52.4 Å². The molecule has 4 rings (SSSR count). The van der Waals surface area contributed by atoms with Gasteiger partial charge in [-0.05, 0) is 67.4 Å². The molecule has 1 heterocycles. The van der Waals surface area contributed by atoms with Crippen LogP contribution in [0, 0.1) is 12.3 Å². The molecule has 2 fully saturated rings. The van der Waals surface area contributed by atoms with E-state index < -0.39 is 0 Å². The summed E-state index contributed by atoms with van der Waals surface area (Å²) in [6.07, 6.45) is 12.6. The van der Waals surface area contributed by atoms with E-state index in [2.05, 4.69) is 5.92 Å². The maximum atomic E-state index is 13.6. The normalized spacial score (nSPS) is 19.0. The highest BCUT2D eigenvalue weighted by molar-refractivity contribution is 8.18. The first kappa shape index (κ1) is 24.3. The van der Waals surface area contributed by atoms with Crippen LogP contribution in [0.25, 0.3) is 6.08 Å². The first-order chi connectivity index (χ1) is 16.6. The smallest absolute Gasteiger partial charge is 0.267 e. The molecule has 0 spiro atoms. The first-order valence-corrected chi connectivity index (χ1v) is 12.7. The minimum atomic E-state index is -0.0201. The fraction of sp³-hybridized carbons (Fsp3) is 0.333. The van der Waals surface area contributed by atoms with E-state index in [1.54, 1.807) is 6.07 Å². The predicted octanol–water partition coefficient (Wildman–Crippen LogP) is 6.69. The van der Waals surface area contributed by atoms with Crippen molar-refractivity contribution in [3.05, 3.63) is 58.0 Å². The van der Waals surface area contributed by atoms with Crippen molar-refractivity contribution in [1.82, 2.24) is 4.90 Å². The number of amides is 1. The van der Waals surface area contributed by atoms with Crippen LogP contribution >= 0.6 is 23.4 Å². The van der Waals surface area contributed by atoms with Crippen molar-refractivity contribution in [1.29, 1.82) is 0 Å². The molecular weight excluding hydrogens is 468 g/mol. The lowest BCUT2D eigenvalue weighted by Crippen LogP contribution is -2.40. The molecule has 2 aromatic rings. The van der Waals surface area contributed by atoms with Crippen LogP contribution < -0.4 is 9.47 Å². The summed E-state index contributed by atoms with van der Waals surface area (Å²) < 4.78 is 11.3. The molecule has 7 heteroatoms. The third kappa shape index (κ3) is 5.60. The summed E-state index contributed by atoms with van der Waals surface area (Å²) in [6, 6.07) is 13.5. The van der Waals surface area contributed by atoms with E-state index in [-0.39, 0.29) is 18.6 Å². The lowest BCUT2D eigenvalue weighted by Gasteiger charge is -2.30. The van der Waals surface area contributed by atoms with Crippen LogP contribution in [0.5, 0.6) is 11.5 Å². The second-order valence-corrected chi connectivity index (χ2v) is 9.48. The van der Waals surface area contributed by atoms with Gasteiger partial charge in [-0.1, -0.05) is 55.0 Å². The third-order valence-electron chi connectivity index (χ3n) is 5.69. The van der Waals surface area contributed by atoms with E-state index in [0.29, 0.717) is 28.0 Å². The van der Waals surface area contributed by atoms with Crippen LogP contribution in [0.3, 0.4) is 0 Å². The van der Waals surface area contributed by atoms with Gasteiger partial charge >= 0.3 is 0 Å². The fourth-order valence-corrected chi connectivity index (χ4v) is 5.51. The number of thioether (sulfide) groups is 1. The second-order valence-electron chi connectivity index (χ2n) is 8.06. The van der Waals surface area contributed by atoms with Crippen molar-refractivity contribution in [3.8, 4) is 23.8 Å². The maximum absolute atomic E-state index is 13.6. The summed E-state index contributed by atoms with van der Waals surface area (Å²) >= 11 is 7.88. The number of ether oxygens (including phenoxy) is 2. The third-order valence-corrected chi connectivity index (χ3v) is 6.95. The Bertz CT molecular complexity index is 1130. The summed E-state index contributed by atoms with van der Waals surface area (Å²) in [4.78, 5) is 20.9. The zero-order valence-corrected chi connectivity index (χ0v) is 20.7. The van der Waals surface area contributed by atoms with E-state index in [4.69, 9.17) is 32.5 Å². The molecule has 176 valence electrons. The molecule has 1 saturated carbocycles. The Hall–Kier alpha value is -2.88. The number of hydrogen-bond acceptors (Lipinski definition) is 5. The van der Waals surface area contributed by atoms with E-state index in [0.717, 1.165) is 42.1 Å². The molecule has 2 aromatic carbocycles. The number of hydrogen-bond donors (Lipinski definition) is 0. The Morgan fingerprint density at radius 1 is 1.21 bits per heavy atom. The topological polar surface area (TPSA) is 51.1 Å². The molecule has 1 aliphatic heterocycles. The molecule has 0 unspecified atom stereocenters. The van der Waals surface area contributed by atoms with Crippen LogP contribution in [0.2, 0.25) is 5.02 Å². The van der Waals surface area contributed by atoms with Crippen molar-refractivity contribution < 1.29 is 14.3 Å². The van der Waals surface area contributed by atoms with Crippen LogP contribution in [0.1, 0.15) is 44.6 Å². The first-order valence-electron chi connectivity index (χ1n) is 11.5. The number of para-hydroxylation sites is 1. The minimum absolute atomic E-state index is 0.0201. The molecule has 0 aromatic heterocycles. The fourth-order valence-electron chi connectivity index (χ4n) is 4.18. The van der Waals surface area contributed by atoms with Gasteiger partial charge in [-0.3, -0.25) is 9.69 Å². The standard InChI is InChI=1S/C27H27ClN2O3S/c1-3-15-33-25-22(28)16-19(17-23(25)32-4-2)18-24-26(31)30(21-13-9-6-10-14-21)27(34-24)29-20-11-7-5-8-12-20/h1,5,7-8,11-12,16-18,21H,4,6,9-10,13-15H2,2H3. The van der Waals surface area contributed by atoms with E-state index in [1.165, 1.54) is 18.2 Å². The average molecular weight is 495 g/mol. The maximum Gasteiger partial charge on any atom is 0.267 e. The Balaban J connectivity index is 1.69. The molecule has 0 radical (unpaired) electrons. The van der Waals surface area contributed by atoms with Crippen molar-refractivity contribution in [3.63, 3.8) is 0 Å². The van der Waals surface area contributed by atoms with Crippen LogP contribution in [0.4, 0.5) is 5.69 Å². The number of aliphatic imine (C=N–C) groups is 1. The Kier molecular flexibility index (Phi) is 8.21. The van der Waals surface area contributed by atoms with Gasteiger partial charge in [0, 0.05) is 6.04 Å². The van der Waals surface area contributed by atoms with Gasteiger partial charge in [-0.2, -0.15) is 0 Å². The summed E-state index contributed by atoms with van der Waals surface area (Å²) in [6.45, 7) is 2.42. The SMILES string of the molecule is C#CCOc1c(Cl)cc(C=C2SC(=Nc3ccccc3)N(C3CCCCC3)C2=O)cc1OCC. The minimum Gasteiger partial charge on any atom is -0.490 e. The Labute approximate surface area is 210 Å². The van der Waals surface area contributed by atoms with E-state index in [9.17, 15) is 4.79 Å². The zero-order chi connectivity index (χ0) is 23.9. The van der Waals surface area contributed by atoms with Gasteiger partial charge in [0.25, 0.3) is 5.91 Å². The van der Waals surface area contributed by atoms with Crippen molar-refractivity contribution >= 4 is 46.2 Å². The lowest BCUT2D eigenvalue weighted by atomic mass is 9.94. The molecule has 5 nitrogen and oxygen atoms in total. The lowest BCUT2D eigenvalue weighted by molar-refractivity contribution is -0.124. The number of nitrogens with zero attached hydrogens (tertiary/aromatic N) is 2. The van der Waals surface area contributed by atoms with Crippen molar-refractivity contribution in [2.24, 2.45) is 4.99 Å². The van der Waals surface area contributed by atoms with Crippen LogP contribution in [-0.2, 0) is 4.79 Å². The predicted molar refractivity (Wildman–Crippen MR) is 140 cm³/mol. The highest BCUT2D eigenvalue weighted by Gasteiger charge is 2.38. The number of amidine groups is 1. The molecule has 0 atom stereocenters. The number of terminal acetylenes is 1. The van der Waals surface area contributed by atoms with Gasteiger partial charge in [0.2, 0.25) is 0 Å². The number of benzene rings is 2. The molecule has 0 bridgehead atoms. The molecule has 1 amide bonds. The molecule has 1 aliphatic carbocycles. The van der Waals surface area contributed by atoms with Crippen LogP contribution in [-0.4, -0.2) is 35.2 Å². The number of rotatable bonds is 7. The van der Waals surface area contributed by atoms with Crippen molar-refractivity contribution in [2.75, 3.05) is 13.2 Å². The Morgan fingerprint density at radius 2 is 1.97 bits per heavy atom. The van der Waals surface area contributed by atoms with Gasteiger partial charge in [0.1, 0.15) is 6.61 Å². The largest absolute Gasteiger partial charge is 0.490 e. The molecule has 34 heavy (non-hydrogen) atoms. The molecular formula is C27H27ClN2O3S. The van der Waals surface area contributed by atoms with Gasteiger partial charge in [-0.25, -0.2) is 4.99 Å². The van der Waals surface area contributed by atoms with Gasteiger partial charge in [0.15, 0.2) is 16.7 Å². The summed E-state index contributed by atoms with van der Waals surface area (Å²) in [5.74, 6) is 3.32. The molecule has 2 aliphatic rings. The average Bonchev–Trinajstić information content (AvgIpc) is 3.14.